The van der Waals surface area contributed by atoms with Gasteiger partial charge in [-0.2, -0.15) is 0 Å². The van der Waals surface area contributed by atoms with Crippen LogP contribution in [-0.2, 0) is 6.54 Å². The van der Waals surface area contributed by atoms with E-state index in [-0.39, 0.29) is 0 Å². The molecule has 0 fully saturated rings. The number of nitrogens with two attached hydrogens (primary N) is 1. The molecule has 3 N–H and O–H groups in total. The van der Waals surface area contributed by atoms with Gasteiger partial charge < -0.3 is 20.5 Å². The molecule has 96 valence electrons. The van der Waals surface area contributed by atoms with Crippen LogP contribution in [0.5, 0.6) is 11.5 Å². The summed E-state index contributed by atoms with van der Waals surface area (Å²) in [7, 11) is 3.19. The van der Waals surface area contributed by atoms with Crippen LogP contribution in [0.25, 0.3) is 0 Å². The number of terminal acetylenes is 1. The minimum Gasteiger partial charge on any atom is -0.493 e. The van der Waals surface area contributed by atoms with Crippen LogP contribution in [0.4, 0.5) is 0 Å². The van der Waals surface area contributed by atoms with Crippen LogP contribution in [0.1, 0.15) is 5.56 Å². The van der Waals surface area contributed by atoms with Crippen molar-refractivity contribution >= 4 is 5.96 Å². The molecule has 0 heterocycles. The second-order valence-corrected chi connectivity index (χ2v) is 3.45. The van der Waals surface area contributed by atoms with Crippen LogP contribution >= 0.6 is 0 Å². The fourth-order valence-electron chi connectivity index (χ4n) is 1.35. The summed E-state index contributed by atoms with van der Waals surface area (Å²) in [4.78, 5) is 4.15. The van der Waals surface area contributed by atoms with Gasteiger partial charge in [0.2, 0.25) is 0 Å². The zero-order valence-corrected chi connectivity index (χ0v) is 10.6. The first kappa shape index (κ1) is 13.7. The van der Waals surface area contributed by atoms with Crippen molar-refractivity contribution in [3.05, 3.63) is 23.8 Å². The van der Waals surface area contributed by atoms with Gasteiger partial charge in [-0.05, 0) is 17.7 Å². The molecule has 1 aromatic carbocycles. The zero-order chi connectivity index (χ0) is 13.4. The summed E-state index contributed by atoms with van der Waals surface area (Å²) in [5.74, 6) is 4.09. The third-order valence-electron chi connectivity index (χ3n) is 2.25. The lowest BCUT2D eigenvalue weighted by molar-refractivity contribution is 0.354. The predicted molar refractivity (Wildman–Crippen MR) is 71.7 cm³/mol. The van der Waals surface area contributed by atoms with E-state index in [0.29, 0.717) is 30.5 Å². The Balaban J connectivity index is 2.71. The molecule has 0 unspecified atom stereocenters. The zero-order valence-electron chi connectivity index (χ0n) is 10.6. The molecule has 0 aliphatic carbocycles. The molecule has 0 saturated heterocycles. The van der Waals surface area contributed by atoms with Crippen LogP contribution in [0.15, 0.2) is 23.2 Å². The van der Waals surface area contributed by atoms with Crippen molar-refractivity contribution in [2.24, 2.45) is 10.7 Å². The van der Waals surface area contributed by atoms with E-state index in [1.807, 2.05) is 18.2 Å². The Hall–Kier alpha value is -2.35. The molecular weight excluding hydrogens is 230 g/mol. The van der Waals surface area contributed by atoms with Gasteiger partial charge in [0.1, 0.15) is 0 Å². The second kappa shape index (κ2) is 7.07. The lowest BCUT2D eigenvalue weighted by atomic mass is 10.2. The average Bonchev–Trinajstić information content (AvgIpc) is 2.42. The maximum Gasteiger partial charge on any atom is 0.189 e. The number of hydrogen-bond donors (Lipinski definition) is 2. The van der Waals surface area contributed by atoms with E-state index >= 15 is 0 Å². The Morgan fingerprint density at radius 1 is 1.39 bits per heavy atom. The number of ether oxygens (including phenoxy) is 2. The molecular formula is C13H17N3O2. The topological polar surface area (TPSA) is 68.9 Å². The quantitative estimate of drug-likeness (QED) is 0.457. The number of aliphatic imine (C=N–C) groups is 1. The molecule has 0 aliphatic heterocycles. The highest BCUT2D eigenvalue weighted by molar-refractivity contribution is 5.78. The van der Waals surface area contributed by atoms with Gasteiger partial charge in [-0.15, -0.1) is 6.42 Å². The second-order valence-electron chi connectivity index (χ2n) is 3.45. The van der Waals surface area contributed by atoms with Crippen LogP contribution in [0.3, 0.4) is 0 Å². The lowest BCUT2D eigenvalue weighted by Gasteiger charge is -2.08. The molecule has 0 aromatic heterocycles. The maximum absolute atomic E-state index is 5.62. The molecule has 1 aromatic rings. The van der Waals surface area contributed by atoms with Gasteiger partial charge in [0, 0.05) is 0 Å². The Bertz CT molecular complexity index is 464. The molecule has 0 aliphatic rings. The molecule has 0 bridgehead atoms. The molecule has 0 atom stereocenters. The first-order valence-electron chi connectivity index (χ1n) is 5.39. The van der Waals surface area contributed by atoms with Gasteiger partial charge in [0.15, 0.2) is 17.5 Å². The monoisotopic (exact) mass is 247 g/mol. The highest BCUT2D eigenvalue weighted by Gasteiger charge is 2.03. The van der Waals surface area contributed by atoms with Crippen molar-refractivity contribution in [1.29, 1.82) is 0 Å². The molecule has 1 rings (SSSR count). The molecule has 0 radical (unpaired) electrons. The number of benzene rings is 1. The van der Waals surface area contributed by atoms with Crippen LogP contribution in [-0.4, -0.2) is 26.7 Å². The SMILES string of the molecule is C#CCNC(N)=NCc1ccc(OC)c(OC)c1. The number of nitrogens with zero attached hydrogens (tertiary/aromatic N) is 1. The van der Waals surface area contributed by atoms with Gasteiger partial charge in [0.25, 0.3) is 0 Å². The number of hydrogen-bond acceptors (Lipinski definition) is 3. The lowest BCUT2D eigenvalue weighted by Crippen LogP contribution is -2.31. The summed E-state index contributed by atoms with van der Waals surface area (Å²) in [5, 5.41) is 2.79. The standard InChI is InChI=1S/C13H17N3O2/c1-4-7-15-13(14)16-9-10-5-6-11(17-2)12(8-10)18-3/h1,5-6,8H,7,9H2,2-3H3,(H3,14,15,16). The van der Waals surface area contributed by atoms with E-state index in [9.17, 15) is 0 Å². The normalized spacial score (nSPS) is 10.6. The fourth-order valence-corrected chi connectivity index (χ4v) is 1.35. The molecule has 0 saturated carbocycles. The molecule has 0 spiro atoms. The van der Waals surface area contributed by atoms with Gasteiger partial charge in [-0.3, -0.25) is 0 Å². The molecule has 18 heavy (non-hydrogen) atoms. The number of nitrogens with one attached hydrogen (secondary N) is 1. The van der Waals surface area contributed by atoms with Crippen LogP contribution < -0.4 is 20.5 Å². The highest BCUT2D eigenvalue weighted by Crippen LogP contribution is 2.27. The predicted octanol–water partition coefficient (Wildman–Crippen LogP) is 0.741. The Morgan fingerprint density at radius 3 is 2.72 bits per heavy atom. The summed E-state index contributed by atoms with van der Waals surface area (Å²) in [6.45, 7) is 0.811. The summed E-state index contributed by atoms with van der Waals surface area (Å²) >= 11 is 0. The van der Waals surface area contributed by atoms with Gasteiger partial charge in [-0.25, -0.2) is 4.99 Å². The van der Waals surface area contributed by atoms with Gasteiger partial charge in [0.05, 0.1) is 27.3 Å². The Kier molecular flexibility index (Phi) is 5.39. The first-order chi connectivity index (χ1) is 8.71. The number of methoxy groups -OCH3 is 2. The smallest absolute Gasteiger partial charge is 0.189 e. The largest absolute Gasteiger partial charge is 0.493 e. The Morgan fingerprint density at radius 2 is 2.11 bits per heavy atom. The minimum absolute atomic E-state index is 0.322. The van der Waals surface area contributed by atoms with Crippen LogP contribution in [0, 0.1) is 12.3 Å². The van der Waals surface area contributed by atoms with E-state index in [1.54, 1.807) is 14.2 Å². The Labute approximate surface area is 107 Å². The fraction of sp³-hybridized carbons (Fsp3) is 0.308. The van der Waals surface area contributed by atoms with Crippen molar-refractivity contribution in [3.8, 4) is 23.8 Å². The molecule has 5 heteroatoms. The summed E-state index contributed by atoms with van der Waals surface area (Å²) in [6, 6.07) is 5.59. The maximum atomic E-state index is 5.62. The minimum atomic E-state index is 0.322. The van der Waals surface area contributed by atoms with E-state index in [1.165, 1.54) is 0 Å². The average molecular weight is 247 g/mol. The van der Waals surface area contributed by atoms with Crippen molar-refractivity contribution < 1.29 is 9.47 Å². The third-order valence-corrected chi connectivity index (χ3v) is 2.25. The van der Waals surface area contributed by atoms with Gasteiger partial charge in [-0.1, -0.05) is 12.0 Å². The summed E-state index contributed by atoms with van der Waals surface area (Å²) < 4.78 is 10.4. The molecule has 0 amide bonds. The van der Waals surface area contributed by atoms with E-state index in [2.05, 4.69) is 16.2 Å². The van der Waals surface area contributed by atoms with E-state index in [4.69, 9.17) is 21.6 Å². The van der Waals surface area contributed by atoms with Crippen molar-refractivity contribution in [1.82, 2.24) is 5.32 Å². The molecule has 5 nitrogen and oxygen atoms in total. The van der Waals surface area contributed by atoms with Crippen molar-refractivity contribution in [2.75, 3.05) is 20.8 Å². The van der Waals surface area contributed by atoms with Crippen LogP contribution in [0.2, 0.25) is 0 Å². The number of rotatable bonds is 5. The third kappa shape index (κ3) is 3.91. The van der Waals surface area contributed by atoms with Crippen molar-refractivity contribution in [3.63, 3.8) is 0 Å². The summed E-state index contributed by atoms with van der Waals surface area (Å²) in [5.41, 5.74) is 6.59. The van der Waals surface area contributed by atoms with Crippen molar-refractivity contribution in [2.45, 2.75) is 6.54 Å². The van der Waals surface area contributed by atoms with Gasteiger partial charge >= 0.3 is 0 Å². The highest BCUT2D eigenvalue weighted by atomic mass is 16.5. The summed E-state index contributed by atoms with van der Waals surface area (Å²) in [6.07, 6.45) is 5.10. The number of guanidine groups is 1. The van der Waals surface area contributed by atoms with E-state index in [0.717, 1.165) is 5.56 Å². The van der Waals surface area contributed by atoms with E-state index < -0.39 is 0 Å². The first-order valence-corrected chi connectivity index (χ1v) is 5.39.